The minimum atomic E-state index is -0.430. The van der Waals surface area contributed by atoms with Crippen LogP contribution >= 0.6 is 0 Å². The van der Waals surface area contributed by atoms with Crippen LogP contribution in [0.15, 0.2) is 12.4 Å². The van der Waals surface area contributed by atoms with Crippen molar-refractivity contribution in [3.63, 3.8) is 0 Å². The zero-order valence-corrected chi connectivity index (χ0v) is 10.1. The van der Waals surface area contributed by atoms with Crippen LogP contribution in [0.3, 0.4) is 0 Å². The second kappa shape index (κ2) is 5.65. The quantitative estimate of drug-likeness (QED) is 0.761. The molecule has 0 radical (unpaired) electrons. The highest BCUT2D eigenvalue weighted by Gasteiger charge is 2.14. The summed E-state index contributed by atoms with van der Waals surface area (Å²) in [5.41, 5.74) is 5.76. The zero-order valence-electron chi connectivity index (χ0n) is 10.1. The minimum Gasteiger partial charge on any atom is -0.348 e. The fourth-order valence-corrected chi connectivity index (χ4v) is 1.48. The fourth-order valence-electron chi connectivity index (χ4n) is 1.48. The van der Waals surface area contributed by atoms with Gasteiger partial charge in [0.2, 0.25) is 5.91 Å². The highest BCUT2D eigenvalue weighted by atomic mass is 16.2. The van der Waals surface area contributed by atoms with Gasteiger partial charge in [0.15, 0.2) is 0 Å². The summed E-state index contributed by atoms with van der Waals surface area (Å²) < 4.78 is 1.87. The van der Waals surface area contributed by atoms with Crippen molar-refractivity contribution < 1.29 is 4.79 Å². The van der Waals surface area contributed by atoms with Crippen LogP contribution in [0.1, 0.15) is 26.1 Å². The lowest BCUT2D eigenvalue weighted by Gasteiger charge is -2.13. The largest absolute Gasteiger partial charge is 0.348 e. The zero-order chi connectivity index (χ0) is 12.1. The van der Waals surface area contributed by atoms with Gasteiger partial charge in [0.25, 0.3) is 0 Å². The first-order valence-electron chi connectivity index (χ1n) is 5.50. The van der Waals surface area contributed by atoms with E-state index in [1.807, 2.05) is 31.7 Å². The molecule has 1 amide bonds. The van der Waals surface area contributed by atoms with Gasteiger partial charge in [0.05, 0.1) is 12.6 Å². The molecular weight excluding hydrogens is 204 g/mol. The molecule has 1 heterocycles. The first-order chi connectivity index (χ1) is 7.50. The van der Waals surface area contributed by atoms with Gasteiger partial charge in [-0.2, -0.15) is 0 Å². The van der Waals surface area contributed by atoms with Crippen LogP contribution < -0.4 is 11.1 Å². The molecule has 5 heteroatoms. The number of nitrogens with two attached hydrogens (primary N) is 1. The average molecular weight is 224 g/mol. The molecule has 0 aliphatic carbocycles. The van der Waals surface area contributed by atoms with Gasteiger partial charge in [-0.15, -0.1) is 0 Å². The van der Waals surface area contributed by atoms with E-state index < -0.39 is 6.04 Å². The molecule has 0 spiro atoms. The normalized spacial score (nSPS) is 12.8. The molecule has 1 rings (SSSR count). The van der Waals surface area contributed by atoms with E-state index in [1.165, 1.54) is 0 Å². The lowest BCUT2D eigenvalue weighted by atomic mass is 10.0. The molecule has 1 atom stereocenters. The number of carbonyl (C=O) groups is 1. The highest BCUT2D eigenvalue weighted by Crippen LogP contribution is 2.02. The third-order valence-electron chi connectivity index (χ3n) is 2.40. The standard InChI is InChI=1S/C11H20N4O/c1-8(2)6-9(12)11(16)14-7-10-13-4-5-15(10)3/h4-5,8-9H,6-7,12H2,1-3H3,(H,14,16). The molecule has 5 nitrogen and oxygen atoms in total. The van der Waals surface area contributed by atoms with Crippen molar-refractivity contribution in [3.05, 3.63) is 18.2 Å². The summed E-state index contributed by atoms with van der Waals surface area (Å²) >= 11 is 0. The smallest absolute Gasteiger partial charge is 0.237 e. The molecule has 0 saturated carbocycles. The summed E-state index contributed by atoms with van der Waals surface area (Å²) in [5.74, 6) is 1.13. The maximum absolute atomic E-state index is 11.6. The first-order valence-corrected chi connectivity index (χ1v) is 5.50. The molecule has 1 unspecified atom stereocenters. The Labute approximate surface area is 96.0 Å². The molecule has 0 aromatic carbocycles. The maximum atomic E-state index is 11.6. The number of aryl methyl sites for hydroxylation is 1. The van der Waals surface area contributed by atoms with Crippen molar-refractivity contribution in [1.29, 1.82) is 0 Å². The van der Waals surface area contributed by atoms with Gasteiger partial charge in [-0.1, -0.05) is 13.8 Å². The summed E-state index contributed by atoms with van der Waals surface area (Å²) in [5, 5.41) is 2.78. The van der Waals surface area contributed by atoms with Crippen LogP contribution in [0.25, 0.3) is 0 Å². The van der Waals surface area contributed by atoms with Crippen molar-refractivity contribution in [2.45, 2.75) is 32.9 Å². The average Bonchev–Trinajstić information content (AvgIpc) is 2.59. The Kier molecular flexibility index (Phi) is 4.49. The van der Waals surface area contributed by atoms with E-state index in [2.05, 4.69) is 10.3 Å². The Morgan fingerprint density at radius 1 is 1.62 bits per heavy atom. The Balaban J connectivity index is 2.38. The van der Waals surface area contributed by atoms with E-state index >= 15 is 0 Å². The Hall–Kier alpha value is -1.36. The molecule has 1 aromatic heterocycles. The van der Waals surface area contributed by atoms with E-state index in [0.717, 1.165) is 5.82 Å². The summed E-state index contributed by atoms with van der Waals surface area (Å²) in [4.78, 5) is 15.7. The Morgan fingerprint density at radius 2 is 2.31 bits per heavy atom. The number of imidazole rings is 1. The van der Waals surface area contributed by atoms with Crippen LogP contribution in [0, 0.1) is 5.92 Å². The van der Waals surface area contributed by atoms with Crippen LogP contribution in [-0.2, 0) is 18.4 Å². The minimum absolute atomic E-state index is 0.114. The van der Waals surface area contributed by atoms with Gasteiger partial charge in [-0.05, 0) is 12.3 Å². The van der Waals surface area contributed by atoms with Crippen LogP contribution in [0.2, 0.25) is 0 Å². The fraction of sp³-hybridized carbons (Fsp3) is 0.636. The molecule has 0 saturated heterocycles. The molecule has 1 aromatic rings. The summed E-state index contributed by atoms with van der Waals surface area (Å²) in [7, 11) is 1.89. The van der Waals surface area contributed by atoms with Gasteiger partial charge in [0, 0.05) is 19.4 Å². The second-order valence-corrected chi connectivity index (χ2v) is 4.41. The van der Waals surface area contributed by atoms with Gasteiger partial charge in [-0.25, -0.2) is 4.98 Å². The number of nitrogens with one attached hydrogen (secondary N) is 1. The Morgan fingerprint density at radius 3 is 2.81 bits per heavy atom. The van der Waals surface area contributed by atoms with Crippen LogP contribution in [0.4, 0.5) is 0 Å². The summed E-state index contributed by atoms with van der Waals surface area (Å²) in [6.45, 7) is 4.52. The van der Waals surface area contributed by atoms with Crippen molar-refractivity contribution in [1.82, 2.24) is 14.9 Å². The lowest BCUT2D eigenvalue weighted by Crippen LogP contribution is -2.41. The van der Waals surface area contributed by atoms with Gasteiger partial charge < -0.3 is 15.6 Å². The number of nitrogens with zero attached hydrogens (tertiary/aromatic N) is 2. The SMILES string of the molecule is CC(C)CC(N)C(=O)NCc1nccn1C. The van der Waals surface area contributed by atoms with Crippen molar-refractivity contribution in [2.75, 3.05) is 0 Å². The first kappa shape index (κ1) is 12.7. The van der Waals surface area contributed by atoms with E-state index in [4.69, 9.17) is 5.73 Å². The van der Waals surface area contributed by atoms with Crippen molar-refractivity contribution >= 4 is 5.91 Å². The number of hydrogen-bond acceptors (Lipinski definition) is 3. The molecule has 0 bridgehead atoms. The predicted octanol–water partition coefficient (Wildman–Crippen LogP) is 0.410. The van der Waals surface area contributed by atoms with Gasteiger partial charge >= 0.3 is 0 Å². The second-order valence-electron chi connectivity index (χ2n) is 4.41. The van der Waals surface area contributed by atoms with Crippen LogP contribution in [-0.4, -0.2) is 21.5 Å². The van der Waals surface area contributed by atoms with E-state index in [1.54, 1.807) is 6.20 Å². The van der Waals surface area contributed by atoms with E-state index in [-0.39, 0.29) is 5.91 Å². The van der Waals surface area contributed by atoms with E-state index in [0.29, 0.717) is 18.9 Å². The Bertz CT molecular complexity index is 346. The number of rotatable bonds is 5. The monoisotopic (exact) mass is 224 g/mol. The van der Waals surface area contributed by atoms with Crippen LogP contribution in [0.5, 0.6) is 0 Å². The molecule has 0 fully saturated rings. The third kappa shape index (κ3) is 3.66. The van der Waals surface area contributed by atoms with Crippen molar-refractivity contribution in [3.8, 4) is 0 Å². The number of aromatic nitrogens is 2. The highest BCUT2D eigenvalue weighted by molar-refractivity contribution is 5.81. The van der Waals surface area contributed by atoms with Gasteiger partial charge in [-0.3, -0.25) is 4.79 Å². The molecule has 3 N–H and O–H groups in total. The lowest BCUT2D eigenvalue weighted by molar-refractivity contribution is -0.122. The molecule has 90 valence electrons. The van der Waals surface area contributed by atoms with E-state index in [9.17, 15) is 4.79 Å². The summed E-state index contributed by atoms with van der Waals surface area (Å²) in [6, 6.07) is -0.430. The van der Waals surface area contributed by atoms with Gasteiger partial charge in [0.1, 0.15) is 5.82 Å². The molecule has 0 aliphatic heterocycles. The van der Waals surface area contributed by atoms with Crippen molar-refractivity contribution in [2.24, 2.45) is 18.7 Å². The summed E-state index contributed by atoms with van der Waals surface area (Å²) in [6.07, 6.45) is 4.25. The number of carbonyl (C=O) groups excluding carboxylic acids is 1. The number of hydrogen-bond donors (Lipinski definition) is 2. The molecule has 0 aliphatic rings. The third-order valence-corrected chi connectivity index (χ3v) is 2.40. The number of amides is 1. The topological polar surface area (TPSA) is 72.9 Å². The molecule has 16 heavy (non-hydrogen) atoms. The predicted molar refractivity (Wildman–Crippen MR) is 62.5 cm³/mol. The molecular formula is C11H20N4O. The maximum Gasteiger partial charge on any atom is 0.237 e.